The highest BCUT2D eigenvalue weighted by atomic mass is 16.2. The standard InChI is InChI=1S/C22H37N3O/c26-21(23-20-4-2-1-3-5-20)15-24-6-8-25(9-7-24)22-18-11-16-10-17(13-18)14-19(22)12-16/h16-20,22H,1-15H2,(H,23,26). The normalized spacial score (nSPS) is 41.5. The van der Waals surface area contributed by atoms with Crippen LogP contribution >= 0.6 is 0 Å². The van der Waals surface area contributed by atoms with E-state index in [1.54, 1.807) is 6.42 Å². The number of piperazine rings is 1. The maximum absolute atomic E-state index is 12.4. The maximum atomic E-state index is 12.4. The Morgan fingerprint density at radius 3 is 2.04 bits per heavy atom. The van der Waals surface area contributed by atoms with Crippen molar-refractivity contribution in [3.8, 4) is 0 Å². The van der Waals surface area contributed by atoms with Crippen LogP contribution in [0.2, 0.25) is 0 Å². The number of rotatable bonds is 4. The molecule has 6 fully saturated rings. The molecule has 1 saturated heterocycles. The molecule has 0 spiro atoms. The topological polar surface area (TPSA) is 35.6 Å². The van der Waals surface area contributed by atoms with Crippen molar-refractivity contribution in [3.63, 3.8) is 0 Å². The highest BCUT2D eigenvalue weighted by Gasteiger charge is 2.50. The lowest BCUT2D eigenvalue weighted by atomic mass is 9.54. The van der Waals surface area contributed by atoms with Crippen LogP contribution in [-0.4, -0.2) is 60.5 Å². The molecule has 0 aromatic carbocycles. The highest BCUT2D eigenvalue weighted by molar-refractivity contribution is 5.78. The minimum absolute atomic E-state index is 0.264. The lowest BCUT2D eigenvalue weighted by Gasteiger charge is -2.58. The van der Waals surface area contributed by atoms with Gasteiger partial charge in [-0.25, -0.2) is 0 Å². The second-order valence-electron chi connectivity index (χ2n) is 10.1. The summed E-state index contributed by atoms with van der Waals surface area (Å²) in [6.07, 6.45) is 13.9. The van der Waals surface area contributed by atoms with Crippen molar-refractivity contribution < 1.29 is 4.79 Å². The third-order valence-electron chi connectivity index (χ3n) is 8.34. The van der Waals surface area contributed by atoms with Crippen LogP contribution in [0.25, 0.3) is 0 Å². The first kappa shape index (κ1) is 17.5. The molecule has 4 heteroatoms. The van der Waals surface area contributed by atoms with Crippen LogP contribution in [0.4, 0.5) is 0 Å². The number of hydrogen-bond donors (Lipinski definition) is 1. The van der Waals surface area contributed by atoms with E-state index in [2.05, 4.69) is 15.1 Å². The van der Waals surface area contributed by atoms with Crippen LogP contribution in [0.1, 0.15) is 64.2 Å². The van der Waals surface area contributed by atoms with Crippen molar-refractivity contribution in [1.82, 2.24) is 15.1 Å². The molecule has 0 radical (unpaired) electrons. The summed E-state index contributed by atoms with van der Waals surface area (Å²) in [5, 5.41) is 3.29. The molecule has 5 aliphatic carbocycles. The second kappa shape index (κ2) is 7.43. The molecule has 1 aliphatic heterocycles. The van der Waals surface area contributed by atoms with Gasteiger partial charge in [-0.1, -0.05) is 19.3 Å². The van der Waals surface area contributed by atoms with Gasteiger partial charge in [0.05, 0.1) is 6.54 Å². The first-order valence-electron chi connectivity index (χ1n) is 11.5. The van der Waals surface area contributed by atoms with Gasteiger partial charge in [0.1, 0.15) is 0 Å². The van der Waals surface area contributed by atoms with Gasteiger partial charge in [0.25, 0.3) is 0 Å². The Balaban J connectivity index is 1.09. The largest absolute Gasteiger partial charge is 0.352 e. The van der Waals surface area contributed by atoms with Gasteiger partial charge in [-0.05, 0) is 68.6 Å². The summed E-state index contributed by atoms with van der Waals surface area (Å²) >= 11 is 0. The van der Waals surface area contributed by atoms with Crippen LogP contribution in [0.15, 0.2) is 0 Å². The summed E-state index contributed by atoms with van der Waals surface area (Å²) in [7, 11) is 0. The number of carbonyl (C=O) groups is 1. The molecule has 5 saturated carbocycles. The van der Waals surface area contributed by atoms with E-state index in [1.807, 2.05) is 0 Å². The van der Waals surface area contributed by atoms with Gasteiger partial charge in [0, 0.05) is 38.3 Å². The van der Waals surface area contributed by atoms with E-state index in [1.165, 1.54) is 70.9 Å². The van der Waals surface area contributed by atoms with Crippen LogP contribution < -0.4 is 5.32 Å². The van der Waals surface area contributed by atoms with Crippen molar-refractivity contribution >= 4 is 5.91 Å². The number of nitrogens with zero attached hydrogens (tertiary/aromatic N) is 2. The zero-order valence-corrected chi connectivity index (χ0v) is 16.4. The molecule has 0 atom stereocenters. The van der Waals surface area contributed by atoms with Crippen LogP contribution in [0.5, 0.6) is 0 Å². The summed E-state index contributed by atoms with van der Waals surface area (Å²) in [6.45, 7) is 5.15. The SMILES string of the molecule is O=C(CN1CCN(C2C3CC4CC(C3)CC2C4)CC1)NC1CCCCC1. The molecule has 26 heavy (non-hydrogen) atoms. The molecule has 0 aromatic rings. The fourth-order valence-electron chi connectivity index (χ4n) is 7.44. The van der Waals surface area contributed by atoms with E-state index in [-0.39, 0.29) is 5.91 Å². The molecule has 0 aromatic heterocycles. The predicted octanol–water partition coefficient (Wildman–Crippen LogP) is 2.88. The minimum Gasteiger partial charge on any atom is -0.352 e. The number of hydrogen-bond acceptors (Lipinski definition) is 3. The van der Waals surface area contributed by atoms with Gasteiger partial charge >= 0.3 is 0 Å². The zero-order chi connectivity index (χ0) is 17.5. The second-order valence-corrected chi connectivity index (χ2v) is 10.1. The highest BCUT2D eigenvalue weighted by Crippen LogP contribution is 2.55. The third kappa shape index (κ3) is 3.56. The summed E-state index contributed by atoms with van der Waals surface area (Å²) in [4.78, 5) is 17.6. The Labute approximate surface area is 159 Å². The smallest absolute Gasteiger partial charge is 0.234 e. The van der Waals surface area contributed by atoms with E-state index in [0.29, 0.717) is 12.6 Å². The summed E-state index contributed by atoms with van der Waals surface area (Å²) in [5.74, 6) is 4.39. The van der Waals surface area contributed by atoms with E-state index >= 15 is 0 Å². The third-order valence-corrected chi connectivity index (χ3v) is 8.34. The van der Waals surface area contributed by atoms with Gasteiger partial charge in [-0.15, -0.1) is 0 Å². The molecule has 1 heterocycles. The van der Waals surface area contributed by atoms with Gasteiger partial charge in [-0.2, -0.15) is 0 Å². The molecule has 4 bridgehead atoms. The molecule has 6 aliphatic rings. The van der Waals surface area contributed by atoms with Gasteiger partial charge in [-0.3, -0.25) is 14.6 Å². The maximum Gasteiger partial charge on any atom is 0.234 e. The van der Waals surface area contributed by atoms with Gasteiger partial charge in [0.15, 0.2) is 0 Å². The molecular weight excluding hydrogens is 322 g/mol. The zero-order valence-electron chi connectivity index (χ0n) is 16.4. The van der Waals surface area contributed by atoms with Crippen molar-refractivity contribution in [2.75, 3.05) is 32.7 Å². The molecule has 4 nitrogen and oxygen atoms in total. The Kier molecular flexibility index (Phi) is 4.99. The van der Waals surface area contributed by atoms with Crippen LogP contribution in [-0.2, 0) is 4.79 Å². The fraction of sp³-hybridized carbons (Fsp3) is 0.955. The number of carbonyl (C=O) groups excluding carboxylic acids is 1. The molecule has 1 amide bonds. The average Bonchev–Trinajstić information content (AvgIpc) is 2.63. The van der Waals surface area contributed by atoms with Crippen molar-refractivity contribution in [2.24, 2.45) is 23.7 Å². The average molecular weight is 360 g/mol. The Morgan fingerprint density at radius 1 is 0.808 bits per heavy atom. The number of nitrogens with one attached hydrogen (secondary N) is 1. The lowest BCUT2D eigenvalue weighted by molar-refractivity contribution is -0.124. The molecule has 6 rings (SSSR count). The minimum atomic E-state index is 0.264. The first-order valence-corrected chi connectivity index (χ1v) is 11.5. The quantitative estimate of drug-likeness (QED) is 0.838. The number of amides is 1. The van der Waals surface area contributed by atoms with Gasteiger partial charge in [0.2, 0.25) is 5.91 Å². The van der Waals surface area contributed by atoms with Gasteiger partial charge < -0.3 is 5.32 Å². The van der Waals surface area contributed by atoms with Crippen molar-refractivity contribution in [1.29, 1.82) is 0 Å². The molecule has 0 unspecified atom stereocenters. The molecular formula is C22H37N3O. The van der Waals surface area contributed by atoms with Crippen molar-refractivity contribution in [2.45, 2.75) is 76.3 Å². The predicted molar refractivity (Wildman–Crippen MR) is 104 cm³/mol. The Morgan fingerprint density at radius 2 is 1.42 bits per heavy atom. The fourth-order valence-corrected chi connectivity index (χ4v) is 7.44. The summed E-state index contributed by atoms with van der Waals surface area (Å²) < 4.78 is 0. The monoisotopic (exact) mass is 359 g/mol. The molecule has 1 N–H and O–H groups in total. The molecule has 146 valence electrons. The Bertz CT molecular complexity index is 480. The van der Waals surface area contributed by atoms with Crippen LogP contribution in [0, 0.1) is 23.7 Å². The van der Waals surface area contributed by atoms with E-state index in [9.17, 15) is 4.79 Å². The summed E-state index contributed by atoms with van der Waals surface area (Å²) in [5.41, 5.74) is 0. The van der Waals surface area contributed by atoms with E-state index in [0.717, 1.165) is 42.8 Å². The Hall–Kier alpha value is -0.610. The lowest BCUT2D eigenvalue weighted by Crippen LogP contribution is -2.60. The van der Waals surface area contributed by atoms with Crippen molar-refractivity contribution in [3.05, 3.63) is 0 Å². The van der Waals surface area contributed by atoms with E-state index < -0.39 is 0 Å². The summed E-state index contributed by atoms with van der Waals surface area (Å²) in [6, 6.07) is 1.33. The first-order chi connectivity index (χ1) is 12.7. The van der Waals surface area contributed by atoms with Crippen LogP contribution in [0.3, 0.4) is 0 Å². The van der Waals surface area contributed by atoms with E-state index in [4.69, 9.17) is 0 Å².